The largest absolute Gasteiger partial charge is 0.379 e. The molecule has 0 saturated carbocycles. The molecule has 31 heavy (non-hydrogen) atoms. The van der Waals surface area contributed by atoms with Gasteiger partial charge < -0.3 is 14.2 Å². The van der Waals surface area contributed by atoms with E-state index in [0.717, 1.165) is 32.4 Å². The lowest BCUT2D eigenvalue weighted by atomic mass is 10.0. The highest BCUT2D eigenvalue weighted by Gasteiger charge is 2.25. The summed E-state index contributed by atoms with van der Waals surface area (Å²) in [6.45, 7) is 5.54. The molecule has 0 spiro atoms. The standard InChI is InChI=1S/C26H48NO3S/c1-2-3-4-5-6-7-8-9-10-11-12-13-14-17-26-29-23-25(30-26)22-28-20-16-15-18-27-19-21-31-24-27/h19,21,24-26H,2-18,20,22-23H2,1H3/q+1. The SMILES string of the molecule is CCCCCCCCCCCCCCCC1OCC(COCCCC[n+]2ccsc2)O1. The van der Waals surface area contributed by atoms with Gasteiger partial charge in [-0.05, 0) is 19.3 Å². The van der Waals surface area contributed by atoms with Crippen LogP contribution in [0, 0.1) is 0 Å². The van der Waals surface area contributed by atoms with E-state index >= 15 is 0 Å². The molecule has 2 rings (SSSR count). The number of rotatable bonds is 21. The Hall–Kier alpha value is -0.490. The van der Waals surface area contributed by atoms with Gasteiger partial charge in [0.2, 0.25) is 5.51 Å². The number of ether oxygens (including phenoxy) is 3. The molecule has 2 unspecified atom stereocenters. The summed E-state index contributed by atoms with van der Waals surface area (Å²) in [4.78, 5) is 0. The van der Waals surface area contributed by atoms with Gasteiger partial charge in [-0.3, -0.25) is 0 Å². The lowest BCUT2D eigenvalue weighted by Crippen LogP contribution is -2.30. The third-order valence-corrected chi connectivity index (χ3v) is 6.81. The van der Waals surface area contributed by atoms with Crippen LogP contribution in [0.1, 0.15) is 110 Å². The van der Waals surface area contributed by atoms with E-state index < -0.39 is 0 Å². The van der Waals surface area contributed by atoms with E-state index in [1.165, 1.54) is 83.5 Å². The minimum Gasteiger partial charge on any atom is -0.379 e. The van der Waals surface area contributed by atoms with Gasteiger partial charge in [-0.15, -0.1) is 0 Å². The fourth-order valence-electron chi connectivity index (χ4n) is 4.18. The van der Waals surface area contributed by atoms with Crippen molar-refractivity contribution in [1.82, 2.24) is 0 Å². The van der Waals surface area contributed by atoms with Crippen LogP contribution in [0.15, 0.2) is 17.1 Å². The number of hydrogen-bond acceptors (Lipinski definition) is 4. The molecule has 0 aliphatic carbocycles. The predicted molar refractivity (Wildman–Crippen MR) is 129 cm³/mol. The van der Waals surface area contributed by atoms with Crippen molar-refractivity contribution in [2.24, 2.45) is 0 Å². The first-order valence-electron chi connectivity index (χ1n) is 13.1. The van der Waals surface area contributed by atoms with Gasteiger partial charge in [-0.2, -0.15) is 4.57 Å². The van der Waals surface area contributed by atoms with Gasteiger partial charge in [0, 0.05) is 13.0 Å². The van der Waals surface area contributed by atoms with Gasteiger partial charge in [0.15, 0.2) is 12.5 Å². The molecule has 0 amide bonds. The second kappa shape index (κ2) is 19.0. The molecular weight excluding hydrogens is 406 g/mol. The van der Waals surface area contributed by atoms with E-state index in [1.807, 2.05) is 0 Å². The number of nitrogens with zero attached hydrogens (tertiary/aromatic N) is 1. The van der Waals surface area contributed by atoms with E-state index in [1.54, 1.807) is 11.3 Å². The van der Waals surface area contributed by atoms with Crippen LogP contribution in [0.3, 0.4) is 0 Å². The highest BCUT2D eigenvalue weighted by atomic mass is 32.1. The van der Waals surface area contributed by atoms with Crippen LogP contribution in [0.2, 0.25) is 0 Å². The minimum absolute atomic E-state index is 0.00343. The Bertz CT molecular complexity index is 497. The quantitative estimate of drug-likeness (QED) is 0.147. The zero-order valence-electron chi connectivity index (χ0n) is 20.1. The van der Waals surface area contributed by atoms with Crippen LogP contribution in [-0.4, -0.2) is 32.2 Å². The van der Waals surface area contributed by atoms with Crippen LogP contribution in [0.5, 0.6) is 0 Å². The van der Waals surface area contributed by atoms with Gasteiger partial charge in [0.1, 0.15) is 12.6 Å². The second-order valence-electron chi connectivity index (χ2n) is 9.10. The molecule has 2 heterocycles. The third-order valence-electron chi connectivity index (χ3n) is 6.14. The topological polar surface area (TPSA) is 31.6 Å². The molecule has 1 aliphatic heterocycles. The average molecular weight is 455 g/mol. The zero-order chi connectivity index (χ0) is 21.8. The maximum atomic E-state index is 5.98. The summed E-state index contributed by atoms with van der Waals surface area (Å²) in [5.41, 5.74) is 2.15. The van der Waals surface area contributed by atoms with E-state index in [2.05, 4.69) is 28.6 Å². The van der Waals surface area contributed by atoms with Crippen LogP contribution in [0.25, 0.3) is 0 Å². The smallest absolute Gasteiger partial charge is 0.224 e. The summed E-state index contributed by atoms with van der Waals surface area (Å²) in [6, 6.07) is 0. The lowest BCUT2D eigenvalue weighted by Gasteiger charge is -2.11. The monoisotopic (exact) mass is 454 g/mol. The number of aryl methyl sites for hydroxylation is 1. The Morgan fingerprint density at radius 2 is 1.55 bits per heavy atom. The number of thiazole rings is 1. The first-order valence-corrected chi connectivity index (χ1v) is 14.1. The van der Waals surface area contributed by atoms with Gasteiger partial charge in [0.05, 0.1) is 18.6 Å². The van der Waals surface area contributed by atoms with E-state index in [9.17, 15) is 0 Å². The van der Waals surface area contributed by atoms with Crippen molar-refractivity contribution in [2.45, 2.75) is 129 Å². The first kappa shape index (κ1) is 26.8. The van der Waals surface area contributed by atoms with Crippen molar-refractivity contribution in [3.8, 4) is 0 Å². The molecule has 1 aromatic heterocycles. The Morgan fingerprint density at radius 1 is 0.871 bits per heavy atom. The number of unbranched alkanes of at least 4 members (excludes halogenated alkanes) is 13. The number of aromatic nitrogens is 1. The van der Waals surface area contributed by atoms with Crippen molar-refractivity contribution in [2.75, 3.05) is 19.8 Å². The molecule has 0 aromatic carbocycles. The molecule has 1 aromatic rings. The maximum absolute atomic E-state index is 5.98. The first-order chi connectivity index (χ1) is 15.4. The maximum Gasteiger partial charge on any atom is 0.224 e. The van der Waals surface area contributed by atoms with Crippen molar-refractivity contribution in [1.29, 1.82) is 0 Å². The lowest BCUT2D eigenvalue weighted by molar-refractivity contribution is -0.692. The Morgan fingerprint density at radius 3 is 2.19 bits per heavy atom. The van der Waals surface area contributed by atoms with Crippen LogP contribution in [-0.2, 0) is 20.8 Å². The fraction of sp³-hybridized carbons (Fsp3) is 0.885. The summed E-state index contributed by atoms with van der Waals surface area (Å²) in [6.07, 6.45) is 23.6. The van der Waals surface area contributed by atoms with Crippen LogP contribution in [0.4, 0.5) is 0 Å². The molecule has 1 aliphatic rings. The second-order valence-corrected chi connectivity index (χ2v) is 9.85. The molecule has 1 fully saturated rings. The van der Waals surface area contributed by atoms with Crippen molar-refractivity contribution >= 4 is 11.3 Å². The van der Waals surface area contributed by atoms with E-state index in [0.29, 0.717) is 13.2 Å². The van der Waals surface area contributed by atoms with Crippen molar-refractivity contribution in [3.63, 3.8) is 0 Å². The summed E-state index contributed by atoms with van der Waals surface area (Å²) in [5.74, 6) is 0. The van der Waals surface area contributed by atoms with E-state index in [-0.39, 0.29) is 12.4 Å². The third kappa shape index (κ3) is 14.3. The molecule has 5 heteroatoms. The molecule has 180 valence electrons. The molecule has 0 radical (unpaired) electrons. The van der Waals surface area contributed by atoms with E-state index in [4.69, 9.17) is 14.2 Å². The Labute approximate surface area is 195 Å². The van der Waals surface area contributed by atoms with Gasteiger partial charge in [-0.1, -0.05) is 95.3 Å². The minimum atomic E-state index is -0.00343. The molecule has 0 N–H and O–H groups in total. The highest BCUT2D eigenvalue weighted by molar-refractivity contribution is 7.07. The summed E-state index contributed by atoms with van der Waals surface area (Å²) in [5, 5.41) is 2.11. The predicted octanol–water partition coefficient (Wildman–Crippen LogP) is 7.06. The van der Waals surface area contributed by atoms with Crippen LogP contribution >= 0.6 is 11.3 Å². The molecular formula is C26H48NO3S+. The average Bonchev–Trinajstić information content (AvgIpc) is 3.46. The summed E-state index contributed by atoms with van der Waals surface area (Å²) >= 11 is 1.74. The Kier molecular flexibility index (Phi) is 16.4. The molecule has 4 nitrogen and oxygen atoms in total. The molecule has 1 saturated heterocycles. The molecule has 0 bridgehead atoms. The molecule has 2 atom stereocenters. The summed E-state index contributed by atoms with van der Waals surface area (Å²) in [7, 11) is 0. The highest BCUT2D eigenvalue weighted by Crippen LogP contribution is 2.19. The van der Waals surface area contributed by atoms with Crippen molar-refractivity contribution in [3.05, 3.63) is 17.1 Å². The zero-order valence-corrected chi connectivity index (χ0v) is 20.9. The fourth-order valence-corrected chi connectivity index (χ4v) is 4.81. The van der Waals surface area contributed by atoms with Crippen LogP contribution < -0.4 is 4.57 Å². The van der Waals surface area contributed by atoms with Gasteiger partial charge in [-0.25, -0.2) is 0 Å². The summed E-state index contributed by atoms with van der Waals surface area (Å²) < 4.78 is 19.8. The van der Waals surface area contributed by atoms with Gasteiger partial charge in [0.25, 0.3) is 0 Å². The Balaban J connectivity index is 1.29. The normalized spacial score (nSPS) is 18.7. The number of hydrogen-bond donors (Lipinski definition) is 0. The van der Waals surface area contributed by atoms with Crippen molar-refractivity contribution < 1.29 is 18.8 Å². The van der Waals surface area contributed by atoms with Gasteiger partial charge >= 0.3 is 0 Å².